The summed E-state index contributed by atoms with van der Waals surface area (Å²) in [6.07, 6.45) is 1.01. The van der Waals surface area contributed by atoms with Crippen molar-refractivity contribution in [3.05, 3.63) is 39.9 Å². The van der Waals surface area contributed by atoms with Gasteiger partial charge in [0, 0.05) is 0 Å². The summed E-state index contributed by atoms with van der Waals surface area (Å²) in [5.41, 5.74) is 1.70. The van der Waals surface area contributed by atoms with Gasteiger partial charge in [0.05, 0.1) is 16.7 Å². The molecular weight excluding hydrogens is 223 g/mol. The van der Waals surface area contributed by atoms with Crippen molar-refractivity contribution in [1.29, 1.82) is 0 Å². The molecule has 2 radical (unpaired) electrons. The molecule has 0 saturated carbocycles. The molecule has 0 atom stereocenters. The van der Waals surface area contributed by atoms with Crippen LogP contribution in [0.3, 0.4) is 0 Å². The number of benzene rings is 1. The van der Waals surface area contributed by atoms with Crippen LogP contribution in [0.25, 0.3) is 10.9 Å². The molecular formula is C14H17BN2O. The third-order valence-corrected chi connectivity index (χ3v) is 3.74. The molecule has 0 unspecified atom stereocenters. The number of aromatic nitrogens is 2. The van der Waals surface area contributed by atoms with E-state index in [1.807, 2.05) is 18.2 Å². The molecule has 1 heterocycles. The Balaban J connectivity index is 2.77. The Bertz CT molecular complexity index is 659. The summed E-state index contributed by atoms with van der Waals surface area (Å²) < 4.78 is 1.10. The van der Waals surface area contributed by atoms with Gasteiger partial charge in [-0.25, -0.2) is 4.98 Å². The van der Waals surface area contributed by atoms with Gasteiger partial charge in [0.15, 0.2) is 0 Å². The molecule has 3 nitrogen and oxygen atoms in total. The topological polar surface area (TPSA) is 34.9 Å². The predicted molar refractivity (Wildman–Crippen MR) is 75.2 cm³/mol. The van der Waals surface area contributed by atoms with E-state index in [1.165, 1.54) is 0 Å². The smallest absolute Gasteiger partial charge is 0.248 e. The molecule has 0 N–H and O–H groups in total. The lowest BCUT2D eigenvalue weighted by Gasteiger charge is -2.23. The maximum absolute atomic E-state index is 12.1. The minimum atomic E-state index is -0.189. The van der Waals surface area contributed by atoms with Crippen LogP contribution in [0.5, 0.6) is 0 Å². The van der Waals surface area contributed by atoms with Gasteiger partial charge in [-0.3, -0.25) is 4.79 Å². The predicted octanol–water partition coefficient (Wildman–Crippen LogP) is 2.32. The lowest BCUT2D eigenvalue weighted by molar-refractivity contribution is 0.507. The molecule has 0 aliphatic carbocycles. The molecule has 18 heavy (non-hydrogen) atoms. The van der Waals surface area contributed by atoms with E-state index in [-0.39, 0.29) is 11.0 Å². The van der Waals surface area contributed by atoms with Crippen LogP contribution in [-0.2, 0) is 5.41 Å². The number of rotatable bonds is 2. The fourth-order valence-electron chi connectivity index (χ4n) is 1.93. The quantitative estimate of drug-likeness (QED) is 0.755. The largest absolute Gasteiger partial charge is 0.354 e. The van der Waals surface area contributed by atoms with E-state index in [0.717, 1.165) is 16.5 Å². The third kappa shape index (κ3) is 1.96. The second kappa shape index (κ2) is 4.27. The van der Waals surface area contributed by atoms with Crippen LogP contribution >= 0.6 is 0 Å². The van der Waals surface area contributed by atoms with Crippen molar-refractivity contribution in [3.8, 4) is 0 Å². The number of hydrogen-bond donors (Lipinski definition) is 0. The molecule has 1 aromatic heterocycles. The van der Waals surface area contributed by atoms with Crippen LogP contribution in [0, 0.1) is 6.92 Å². The van der Waals surface area contributed by atoms with Gasteiger partial charge in [0.1, 0.15) is 0 Å². The molecule has 1 aromatic carbocycles. The summed E-state index contributed by atoms with van der Waals surface area (Å²) in [5.74, 6) is 0.523. The van der Waals surface area contributed by atoms with Gasteiger partial charge in [-0.15, -0.1) is 0 Å². The molecule has 0 amide bonds. The van der Waals surface area contributed by atoms with Gasteiger partial charge in [-0.05, 0) is 36.5 Å². The molecule has 0 saturated heterocycles. The van der Waals surface area contributed by atoms with Crippen LogP contribution in [0.15, 0.2) is 23.0 Å². The molecule has 4 heteroatoms. The van der Waals surface area contributed by atoms with Crippen molar-refractivity contribution in [2.75, 3.05) is 0 Å². The molecule has 0 fully saturated rings. The average Bonchev–Trinajstić information content (AvgIpc) is 2.35. The first kappa shape index (κ1) is 12.9. The third-order valence-electron chi connectivity index (χ3n) is 3.74. The highest BCUT2D eigenvalue weighted by molar-refractivity contribution is 6.07. The second-order valence-corrected chi connectivity index (χ2v) is 5.30. The Hall–Kier alpha value is -1.58. The molecule has 2 rings (SSSR count). The number of nitrogens with zero attached hydrogens (tertiary/aromatic N) is 2. The zero-order chi connectivity index (χ0) is 13.5. The summed E-state index contributed by atoms with van der Waals surface area (Å²) in [7, 11) is 5.68. The summed E-state index contributed by atoms with van der Waals surface area (Å²) in [6.45, 7) is 8.19. The van der Waals surface area contributed by atoms with E-state index in [0.29, 0.717) is 16.7 Å². The van der Waals surface area contributed by atoms with E-state index in [9.17, 15) is 4.79 Å². The van der Waals surface area contributed by atoms with Crippen molar-refractivity contribution in [2.24, 2.45) is 0 Å². The zero-order valence-electron chi connectivity index (χ0n) is 11.3. The van der Waals surface area contributed by atoms with E-state index < -0.39 is 0 Å². The zero-order valence-corrected chi connectivity index (χ0v) is 11.3. The number of fused-ring (bicyclic) bond motifs is 1. The van der Waals surface area contributed by atoms with Gasteiger partial charge in [-0.1, -0.05) is 26.8 Å². The van der Waals surface area contributed by atoms with E-state index in [1.54, 1.807) is 6.92 Å². The summed E-state index contributed by atoms with van der Waals surface area (Å²) in [6, 6.07) is 5.85. The van der Waals surface area contributed by atoms with Crippen molar-refractivity contribution in [2.45, 2.75) is 39.5 Å². The maximum Gasteiger partial charge on any atom is 0.248 e. The summed E-state index contributed by atoms with van der Waals surface area (Å²) in [4.78, 5) is 16.4. The lowest BCUT2D eigenvalue weighted by atomic mass is 9.82. The highest BCUT2D eigenvalue weighted by Gasteiger charge is 2.19. The first-order valence-electron chi connectivity index (χ1n) is 6.16. The number of hydrogen-bond acceptors (Lipinski definition) is 2. The first-order valence-corrected chi connectivity index (χ1v) is 6.16. The lowest BCUT2D eigenvalue weighted by Crippen LogP contribution is -2.23. The van der Waals surface area contributed by atoms with Crippen LogP contribution in [-0.4, -0.2) is 17.4 Å². The molecule has 92 valence electrons. The summed E-state index contributed by atoms with van der Waals surface area (Å²) in [5, 5.41) is 0.585. The molecule has 0 aliphatic heterocycles. The van der Waals surface area contributed by atoms with Crippen LogP contribution in [0.1, 0.15) is 38.6 Å². The second-order valence-electron chi connectivity index (χ2n) is 5.30. The van der Waals surface area contributed by atoms with Crippen LogP contribution < -0.4 is 5.56 Å². The molecule has 0 aliphatic rings. The van der Waals surface area contributed by atoms with Crippen molar-refractivity contribution in [1.82, 2.24) is 9.46 Å². The standard InChI is InChI=1S/C14H17BN2O/c1-5-14(3,4)10-6-7-12-11(8-10)13(18)17(15)9(2)16-12/h6-8H,5H2,1-4H3. The normalized spacial score (nSPS) is 12.0. The SMILES string of the molecule is [B]n1c(C)nc2ccc(C(C)(C)CC)cc2c1=O. The number of aryl methyl sites for hydroxylation is 1. The summed E-state index contributed by atoms with van der Waals surface area (Å²) >= 11 is 0. The minimum Gasteiger partial charge on any atom is -0.354 e. The first-order chi connectivity index (χ1) is 8.36. The Kier molecular flexibility index (Phi) is 3.05. The van der Waals surface area contributed by atoms with Gasteiger partial charge in [0.2, 0.25) is 13.5 Å². The van der Waals surface area contributed by atoms with E-state index in [2.05, 4.69) is 25.8 Å². The Labute approximate surface area is 108 Å². The highest BCUT2D eigenvalue weighted by Crippen LogP contribution is 2.28. The highest BCUT2D eigenvalue weighted by atomic mass is 16.1. The van der Waals surface area contributed by atoms with E-state index in [4.69, 9.17) is 7.98 Å². The molecule has 0 spiro atoms. The Morgan fingerprint density at radius 1 is 1.39 bits per heavy atom. The van der Waals surface area contributed by atoms with E-state index >= 15 is 0 Å². The molecule has 2 aromatic rings. The maximum atomic E-state index is 12.1. The van der Waals surface area contributed by atoms with Gasteiger partial charge >= 0.3 is 0 Å². The van der Waals surface area contributed by atoms with Crippen LogP contribution in [0.4, 0.5) is 0 Å². The fourth-order valence-corrected chi connectivity index (χ4v) is 1.93. The fraction of sp³-hybridized carbons (Fsp3) is 0.429. The monoisotopic (exact) mass is 240 g/mol. The van der Waals surface area contributed by atoms with Gasteiger partial charge in [-0.2, -0.15) is 0 Å². The van der Waals surface area contributed by atoms with Gasteiger partial charge < -0.3 is 4.48 Å². The Morgan fingerprint density at radius 3 is 2.67 bits per heavy atom. The molecule has 0 bridgehead atoms. The van der Waals surface area contributed by atoms with Crippen LogP contribution in [0.2, 0.25) is 0 Å². The van der Waals surface area contributed by atoms with Gasteiger partial charge in [0.25, 0.3) is 0 Å². The van der Waals surface area contributed by atoms with Crippen molar-refractivity contribution < 1.29 is 0 Å². The Morgan fingerprint density at radius 2 is 2.06 bits per heavy atom. The average molecular weight is 240 g/mol. The van der Waals surface area contributed by atoms with Crippen molar-refractivity contribution >= 4 is 18.9 Å². The minimum absolute atomic E-state index is 0.0466. The van der Waals surface area contributed by atoms with Crippen molar-refractivity contribution in [3.63, 3.8) is 0 Å².